The molecule has 0 spiro atoms. The van der Waals surface area contributed by atoms with Crippen molar-refractivity contribution in [3.63, 3.8) is 0 Å². The van der Waals surface area contributed by atoms with E-state index in [1.54, 1.807) is 7.11 Å². The van der Waals surface area contributed by atoms with Crippen LogP contribution in [0.3, 0.4) is 0 Å². The second-order valence-electron chi connectivity index (χ2n) is 3.52. The molecule has 0 atom stereocenters. The lowest BCUT2D eigenvalue weighted by Gasteiger charge is -2.26. The second kappa shape index (κ2) is 5.14. The average Bonchev–Trinajstić information content (AvgIpc) is 2.31. The summed E-state index contributed by atoms with van der Waals surface area (Å²) in [6.45, 7) is 5.68. The summed E-state index contributed by atoms with van der Waals surface area (Å²) in [5, 5.41) is 0. The molecule has 0 N–H and O–H groups in total. The molecule has 1 aromatic rings. The van der Waals surface area contributed by atoms with E-state index in [1.807, 2.05) is 18.2 Å². The van der Waals surface area contributed by atoms with Gasteiger partial charge in [0.1, 0.15) is 5.75 Å². The molecule has 1 aliphatic rings. The molecule has 1 aromatic carbocycles. The monoisotopic (exact) mass is 206 g/mol. The van der Waals surface area contributed by atoms with E-state index in [0.717, 1.165) is 37.6 Å². The summed E-state index contributed by atoms with van der Waals surface area (Å²) in [7, 11) is 1.70. The third-order valence-electron chi connectivity index (χ3n) is 2.51. The van der Waals surface area contributed by atoms with E-state index in [4.69, 9.17) is 9.47 Å². The Morgan fingerprint density at radius 1 is 1.27 bits per heavy atom. The number of methoxy groups -OCH3 is 1. The van der Waals surface area contributed by atoms with Crippen LogP contribution in [0.4, 0.5) is 0 Å². The Kier molecular flexibility index (Phi) is 3.59. The lowest BCUT2D eigenvalue weighted by Crippen LogP contribution is -2.34. The number of hydrogen-bond acceptors (Lipinski definition) is 3. The zero-order valence-corrected chi connectivity index (χ0v) is 8.98. The number of rotatable bonds is 3. The molecule has 2 rings (SSSR count). The Morgan fingerprint density at radius 2 is 2.00 bits per heavy atom. The van der Waals surface area contributed by atoms with E-state index in [2.05, 4.69) is 17.5 Å². The number of hydrogen-bond donors (Lipinski definition) is 0. The molecule has 0 aliphatic carbocycles. The average molecular weight is 206 g/mol. The van der Waals surface area contributed by atoms with Crippen LogP contribution < -0.4 is 4.74 Å². The molecule has 1 aliphatic heterocycles. The number of morpholine rings is 1. The first-order valence-corrected chi connectivity index (χ1v) is 5.20. The molecule has 3 heteroatoms. The van der Waals surface area contributed by atoms with Crippen molar-refractivity contribution in [2.24, 2.45) is 0 Å². The molecular weight excluding hydrogens is 190 g/mol. The van der Waals surface area contributed by atoms with Crippen molar-refractivity contribution in [1.82, 2.24) is 4.90 Å². The highest BCUT2D eigenvalue weighted by atomic mass is 16.5. The maximum absolute atomic E-state index is 5.30. The van der Waals surface area contributed by atoms with Gasteiger partial charge in [0.25, 0.3) is 0 Å². The first-order valence-electron chi connectivity index (χ1n) is 5.20. The van der Waals surface area contributed by atoms with Gasteiger partial charge in [-0.25, -0.2) is 0 Å². The first-order chi connectivity index (χ1) is 7.40. The van der Waals surface area contributed by atoms with Crippen LogP contribution in [0.1, 0.15) is 5.56 Å². The molecule has 0 aromatic heterocycles. The highest BCUT2D eigenvalue weighted by Crippen LogP contribution is 2.20. The van der Waals surface area contributed by atoms with Crippen molar-refractivity contribution in [2.45, 2.75) is 0 Å². The normalized spacial score (nSPS) is 17.7. The zero-order valence-electron chi connectivity index (χ0n) is 8.98. The van der Waals surface area contributed by atoms with E-state index in [-0.39, 0.29) is 0 Å². The Bertz CT molecular complexity index is 308. The van der Waals surface area contributed by atoms with Gasteiger partial charge < -0.3 is 9.47 Å². The smallest absolute Gasteiger partial charge is 0.123 e. The van der Waals surface area contributed by atoms with Gasteiger partial charge in [-0.1, -0.05) is 18.2 Å². The van der Waals surface area contributed by atoms with Gasteiger partial charge in [-0.15, -0.1) is 0 Å². The van der Waals surface area contributed by atoms with Crippen LogP contribution in [0.25, 0.3) is 0 Å². The summed E-state index contributed by atoms with van der Waals surface area (Å²) in [6.07, 6.45) is 0. The minimum Gasteiger partial charge on any atom is -0.496 e. The molecule has 1 radical (unpaired) electrons. The van der Waals surface area contributed by atoms with Gasteiger partial charge in [0.05, 0.1) is 26.9 Å². The van der Waals surface area contributed by atoms with Crippen LogP contribution in [0.5, 0.6) is 5.75 Å². The van der Waals surface area contributed by atoms with E-state index >= 15 is 0 Å². The number of ether oxygens (including phenoxy) is 2. The molecular formula is C12H16NO2. The van der Waals surface area contributed by atoms with Gasteiger partial charge in [-0.05, 0) is 6.07 Å². The maximum Gasteiger partial charge on any atom is 0.123 e. The van der Waals surface area contributed by atoms with E-state index < -0.39 is 0 Å². The first kappa shape index (κ1) is 10.5. The third-order valence-corrected chi connectivity index (χ3v) is 2.51. The number of para-hydroxylation sites is 1. The minimum absolute atomic E-state index is 0.811. The van der Waals surface area contributed by atoms with Gasteiger partial charge in [0, 0.05) is 18.7 Å². The molecule has 0 amide bonds. The summed E-state index contributed by atoms with van der Waals surface area (Å²) in [4.78, 5) is 2.27. The molecule has 0 saturated carbocycles. The lowest BCUT2D eigenvalue weighted by atomic mass is 10.2. The number of benzene rings is 1. The fraction of sp³-hybridized carbons (Fsp3) is 0.417. The van der Waals surface area contributed by atoms with Gasteiger partial charge >= 0.3 is 0 Å². The highest BCUT2D eigenvalue weighted by Gasteiger charge is 2.13. The fourth-order valence-corrected chi connectivity index (χ4v) is 1.68. The fourth-order valence-electron chi connectivity index (χ4n) is 1.68. The predicted molar refractivity (Wildman–Crippen MR) is 58.8 cm³/mol. The van der Waals surface area contributed by atoms with E-state index in [9.17, 15) is 0 Å². The zero-order chi connectivity index (χ0) is 10.5. The maximum atomic E-state index is 5.30. The van der Waals surface area contributed by atoms with Gasteiger partial charge in [0.2, 0.25) is 0 Å². The van der Waals surface area contributed by atoms with Crippen LogP contribution in [-0.2, 0) is 4.74 Å². The van der Waals surface area contributed by atoms with Crippen LogP contribution in [0.15, 0.2) is 24.3 Å². The van der Waals surface area contributed by atoms with Gasteiger partial charge in [-0.2, -0.15) is 0 Å². The van der Waals surface area contributed by atoms with E-state index in [0.29, 0.717) is 0 Å². The van der Waals surface area contributed by atoms with Crippen molar-refractivity contribution >= 4 is 0 Å². The molecule has 15 heavy (non-hydrogen) atoms. The lowest BCUT2D eigenvalue weighted by molar-refractivity contribution is 0.0530. The molecule has 1 saturated heterocycles. The summed E-state index contributed by atoms with van der Waals surface area (Å²) in [5.41, 5.74) is 1.13. The Balaban J connectivity index is 2.02. The number of nitrogens with zero attached hydrogens (tertiary/aromatic N) is 1. The molecule has 0 unspecified atom stereocenters. The van der Waals surface area contributed by atoms with Gasteiger partial charge in [0.15, 0.2) is 0 Å². The van der Waals surface area contributed by atoms with Crippen molar-refractivity contribution in [2.75, 3.05) is 33.4 Å². The van der Waals surface area contributed by atoms with Crippen molar-refractivity contribution < 1.29 is 9.47 Å². The Labute approximate surface area is 90.6 Å². The van der Waals surface area contributed by atoms with Gasteiger partial charge in [-0.3, -0.25) is 4.90 Å². The summed E-state index contributed by atoms with van der Waals surface area (Å²) in [6, 6.07) is 8.05. The summed E-state index contributed by atoms with van der Waals surface area (Å²) in [5.74, 6) is 0.920. The van der Waals surface area contributed by atoms with Crippen LogP contribution >= 0.6 is 0 Å². The van der Waals surface area contributed by atoms with Crippen molar-refractivity contribution in [3.05, 3.63) is 36.4 Å². The molecule has 1 fully saturated rings. The Morgan fingerprint density at radius 3 is 2.73 bits per heavy atom. The SMILES string of the molecule is COc1ccccc1[CH]N1CCOCC1. The highest BCUT2D eigenvalue weighted by molar-refractivity contribution is 5.38. The Hall–Kier alpha value is -1.06. The van der Waals surface area contributed by atoms with E-state index in [1.165, 1.54) is 0 Å². The van der Waals surface area contributed by atoms with Crippen LogP contribution in [0.2, 0.25) is 0 Å². The third kappa shape index (κ3) is 2.70. The van der Waals surface area contributed by atoms with Crippen molar-refractivity contribution in [1.29, 1.82) is 0 Å². The predicted octanol–water partition coefficient (Wildman–Crippen LogP) is 1.54. The molecule has 0 bridgehead atoms. The second-order valence-corrected chi connectivity index (χ2v) is 3.52. The quantitative estimate of drug-likeness (QED) is 0.748. The summed E-state index contributed by atoms with van der Waals surface area (Å²) < 4.78 is 10.6. The molecule has 1 heterocycles. The largest absolute Gasteiger partial charge is 0.496 e. The standard InChI is InChI=1S/C12H16NO2/c1-14-12-5-3-2-4-11(12)10-13-6-8-15-9-7-13/h2-5,10H,6-9H2,1H3. The molecule has 3 nitrogen and oxygen atoms in total. The molecule has 81 valence electrons. The summed E-state index contributed by atoms with van der Waals surface area (Å²) >= 11 is 0. The van der Waals surface area contributed by atoms with Crippen LogP contribution in [0, 0.1) is 6.54 Å². The van der Waals surface area contributed by atoms with Crippen molar-refractivity contribution in [3.8, 4) is 5.75 Å². The minimum atomic E-state index is 0.811. The topological polar surface area (TPSA) is 21.7 Å². The van der Waals surface area contributed by atoms with Crippen LogP contribution in [-0.4, -0.2) is 38.3 Å².